The Balaban J connectivity index is 1.97. The summed E-state index contributed by atoms with van der Waals surface area (Å²) < 4.78 is 5.34. The number of aromatic nitrogens is 3. The topological polar surface area (TPSA) is 22.8 Å². The summed E-state index contributed by atoms with van der Waals surface area (Å²) >= 11 is 3.58. The van der Waals surface area contributed by atoms with E-state index < -0.39 is 0 Å². The third kappa shape index (κ3) is 1.97. The number of fused-ring (bicyclic) bond motifs is 1. The van der Waals surface area contributed by atoms with Crippen LogP contribution < -0.4 is 0 Å². The second-order valence-corrected chi connectivity index (χ2v) is 5.17. The summed E-state index contributed by atoms with van der Waals surface area (Å²) in [5.41, 5.74) is 2.47. The maximum atomic E-state index is 4.31. The monoisotopic (exact) mass is 303 g/mol. The fourth-order valence-electron chi connectivity index (χ4n) is 2.18. The molecular weight excluding hydrogens is 290 g/mol. The first-order chi connectivity index (χ1) is 8.78. The van der Waals surface area contributed by atoms with Gasteiger partial charge in [-0.25, -0.2) is 0 Å². The molecule has 3 aromatic rings. The van der Waals surface area contributed by atoms with E-state index in [4.69, 9.17) is 0 Å². The second-order valence-electron chi connectivity index (χ2n) is 4.32. The molecule has 0 aliphatic carbocycles. The number of benzene rings is 1. The van der Waals surface area contributed by atoms with E-state index in [9.17, 15) is 0 Å². The highest BCUT2D eigenvalue weighted by Crippen LogP contribution is 2.25. The Labute approximate surface area is 114 Å². The van der Waals surface area contributed by atoms with Crippen molar-refractivity contribution in [2.45, 2.75) is 20.0 Å². The molecule has 0 N–H and O–H groups in total. The summed E-state index contributed by atoms with van der Waals surface area (Å²) in [7, 11) is 0. The maximum Gasteiger partial charge on any atom is 0.0539 e. The number of rotatable bonds is 3. The molecule has 18 heavy (non-hydrogen) atoms. The molecule has 2 aromatic heterocycles. The molecule has 0 unspecified atom stereocenters. The van der Waals surface area contributed by atoms with E-state index in [0.717, 1.165) is 17.6 Å². The van der Waals surface area contributed by atoms with Gasteiger partial charge >= 0.3 is 0 Å². The summed E-state index contributed by atoms with van der Waals surface area (Å²) in [5, 5.41) is 5.56. The van der Waals surface area contributed by atoms with Crippen LogP contribution in [0.15, 0.2) is 47.3 Å². The summed E-state index contributed by atoms with van der Waals surface area (Å²) in [5.74, 6) is 0. The molecule has 1 aromatic carbocycles. The predicted octanol–water partition coefficient (Wildman–Crippen LogP) is 3.67. The van der Waals surface area contributed by atoms with Gasteiger partial charge < -0.3 is 4.57 Å². The van der Waals surface area contributed by atoms with E-state index in [2.05, 4.69) is 69.2 Å². The molecule has 0 bridgehead atoms. The lowest BCUT2D eigenvalue weighted by atomic mass is 10.2. The Morgan fingerprint density at radius 1 is 1.28 bits per heavy atom. The molecule has 0 atom stereocenters. The minimum Gasteiger partial charge on any atom is -0.343 e. The van der Waals surface area contributed by atoms with Crippen LogP contribution in [0.4, 0.5) is 0 Å². The zero-order chi connectivity index (χ0) is 12.5. The van der Waals surface area contributed by atoms with Gasteiger partial charge in [-0.2, -0.15) is 5.10 Å². The third-order valence-electron chi connectivity index (χ3n) is 3.12. The van der Waals surface area contributed by atoms with Crippen molar-refractivity contribution in [3.63, 3.8) is 0 Å². The number of halogens is 1. The van der Waals surface area contributed by atoms with Crippen molar-refractivity contribution < 1.29 is 0 Å². The van der Waals surface area contributed by atoms with Gasteiger partial charge in [0, 0.05) is 39.9 Å². The van der Waals surface area contributed by atoms with Gasteiger partial charge in [-0.15, -0.1) is 0 Å². The van der Waals surface area contributed by atoms with Crippen LogP contribution in [0.5, 0.6) is 0 Å². The van der Waals surface area contributed by atoms with E-state index in [-0.39, 0.29) is 0 Å². The van der Waals surface area contributed by atoms with Crippen molar-refractivity contribution in [2.75, 3.05) is 0 Å². The van der Waals surface area contributed by atoms with Crippen LogP contribution >= 0.6 is 15.9 Å². The zero-order valence-electron chi connectivity index (χ0n) is 10.2. The Kier molecular flexibility index (Phi) is 2.96. The smallest absolute Gasteiger partial charge is 0.0539 e. The minimum atomic E-state index is 0.861. The van der Waals surface area contributed by atoms with Crippen molar-refractivity contribution in [2.24, 2.45) is 0 Å². The molecule has 3 nitrogen and oxygen atoms in total. The standard InChI is InChI=1S/C14H14BrN3/c1-2-18-10-11(8-16-18)9-17-7-6-12-13(15)4-3-5-14(12)17/h3-8,10H,2,9H2,1H3. The Morgan fingerprint density at radius 2 is 2.17 bits per heavy atom. The van der Waals surface area contributed by atoms with Gasteiger partial charge in [-0.05, 0) is 25.1 Å². The first kappa shape index (κ1) is 11.5. The number of nitrogens with zero attached hydrogens (tertiary/aromatic N) is 3. The van der Waals surface area contributed by atoms with Gasteiger partial charge in [0.25, 0.3) is 0 Å². The van der Waals surface area contributed by atoms with E-state index in [0.29, 0.717) is 0 Å². The molecule has 0 fully saturated rings. The van der Waals surface area contributed by atoms with E-state index >= 15 is 0 Å². The first-order valence-electron chi connectivity index (χ1n) is 6.02. The zero-order valence-corrected chi connectivity index (χ0v) is 11.8. The molecule has 92 valence electrons. The van der Waals surface area contributed by atoms with Crippen molar-refractivity contribution in [3.8, 4) is 0 Å². The number of aryl methyl sites for hydroxylation is 1. The van der Waals surface area contributed by atoms with Gasteiger partial charge in [0.2, 0.25) is 0 Å². The van der Waals surface area contributed by atoms with Gasteiger partial charge in [0.05, 0.1) is 12.7 Å². The molecule has 0 amide bonds. The summed E-state index contributed by atoms with van der Waals surface area (Å²) in [6.45, 7) is 3.87. The van der Waals surface area contributed by atoms with Crippen molar-refractivity contribution in [1.29, 1.82) is 0 Å². The molecule has 0 saturated carbocycles. The minimum absolute atomic E-state index is 0.861. The van der Waals surface area contributed by atoms with Crippen LogP contribution in [0.1, 0.15) is 12.5 Å². The van der Waals surface area contributed by atoms with Crippen LogP contribution in [0, 0.1) is 0 Å². The average Bonchev–Trinajstić information content (AvgIpc) is 2.98. The highest BCUT2D eigenvalue weighted by molar-refractivity contribution is 9.10. The molecule has 0 aliphatic heterocycles. The van der Waals surface area contributed by atoms with Crippen LogP contribution in [0.2, 0.25) is 0 Å². The third-order valence-corrected chi connectivity index (χ3v) is 3.82. The first-order valence-corrected chi connectivity index (χ1v) is 6.82. The van der Waals surface area contributed by atoms with Crippen LogP contribution in [-0.4, -0.2) is 14.3 Å². The van der Waals surface area contributed by atoms with Crippen LogP contribution in [0.25, 0.3) is 10.9 Å². The molecule has 0 radical (unpaired) electrons. The Bertz CT molecular complexity index is 681. The molecule has 0 saturated heterocycles. The van der Waals surface area contributed by atoms with Crippen molar-refractivity contribution in [1.82, 2.24) is 14.3 Å². The highest BCUT2D eigenvalue weighted by Gasteiger charge is 2.05. The van der Waals surface area contributed by atoms with E-state index in [1.54, 1.807) is 0 Å². The lowest BCUT2D eigenvalue weighted by Gasteiger charge is -2.03. The number of hydrogen-bond acceptors (Lipinski definition) is 1. The number of hydrogen-bond donors (Lipinski definition) is 0. The molecule has 0 aliphatic rings. The molecule has 2 heterocycles. The Morgan fingerprint density at radius 3 is 2.94 bits per heavy atom. The molecule has 3 rings (SSSR count). The lowest BCUT2D eigenvalue weighted by molar-refractivity contribution is 0.658. The quantitative estimate of drug-likeness (QED) is 0.724. The maximum absolute atomic E-state index is 4.31. The van der Waals surface area contributed by atoms with Crippen LogP contribution in [-0.2, 0) is 13.1 Å². The van der Waals surface area contributed by atoms with E-state index in [1.165, 1.54) is 16.5 Å². The average molecular weight is 304 g/mol. The summed E-state index contributed by atoms with van der Waals surface area (Å²) in [6, 6.07) is 8.42. The summed E-state index contributed by atoms with van der Waals surface area (Å²) in [4.78, 5) is 0. The van der Waals surface area contributed by atoms with E-state index in [1.807, 2.05) is 10.9 Å². The van der Waals surface area contributed by atoms with Gasteiger partial charge in [0.15, 0.2) is 0 Å². The lowest BCUT2D eigenvalue weighted by Crippen LogP contribution is -1.97. The predicted molar refractivity (Wildman–Crippen MR) is 76.6 cm³/mol. The largest absolute Gasteiger partial charge is 0.343 e. The van der Waals surface area contributed by atoms with Crippen molar-refractivity contribution in [3.05, 3.63) is 52.9 Å². The SMILES string of the molecule is CCn1cc(Cn2ccc3c(Br)cccc32)cn1. The second kappa shape index (κ2) is 4.61. The molecule has 4 heteroatoms. The Hall–Kier alpha value is -1.55. The summed E-state index contributed by atoms with van der Waals surface area (Å²) in [6.07, 6.45) is 6.16. The van der Waals surface area contributed by atoms with Gasteiger partial charge in [0.1, 0.15) is 0 Å². The fraction of sp³-hybridized carbons (Fsp3) is 0.214. The highest BCUT2D eigenvalue weighted by atomic mass is 79.9. The van der Waals surface area contributed by atoms with Gasteiger partial charge in [-0.3, -0.25) is 4.68 Å². The fourth-order valence-corrected chi connectivity index (χ4v) is 2.67. The normalized spacial score (nSPS) is 11.2. The van der Waals surface area contributed by atoms with Crippen LogP contribution in [0.3, 0.4) is 0 Å². The molecule has 0 spiro atoms. The van der Waals surface area contributed by atoms with Crippen molar-refractivity contribution >= 4 is 26.8 Å². The molecular formula is C14H14BrN3. The van der Waals surface area contributed by atoms with Gasteiger partial charge in [-0.1, -0.05) is 22.0 Å².